The first-order valence-corrected chi connectivity index (χ1v) is 8.30. The Morgan fingerprint density at radius 2 is 2.04 bits per heavy atom. The van der Waals surface area contributed by atoms with Gasteiger partial charge in [0.1, 0.15) is 11.2 Å². The summed E-state index contributed by atoms with van der Waals surface area (Å²) in [5.74, 6) is -1.62. The molecular formula is C18H22FNO4. The molecule has 24 heavy (non-hydrogen) atoms. The van der Waals surface area contributed by atoms with Crippen molar-refractivity contribution in [3.63, 3.8) is 0 Å². The van der Waals surface area contributed by atoms with Crippen LogP contribution in [0.2, 0.25) is 0 Å². The predicted octanol–water partition coefficient (Wildman–Crippen LogP) is 2.21. The molecule has 0 radical (unpaired) electrons. The van der Waals surface area contributed by atoms with Crippen LogP contribution in [0.25, 0.3) is 0 Å². The van der Waals surface area contributed by atoms with Gasteiger partial charge in [-0.25, -0.2) is 4.39 Å². The second-order valence-electron chi connectivity index (χ2n) is 7.10. The van der Waals surface area contributed by atoms with Crippen LogP contribution in [0.5, 0.6) is 0 Å². The lowest BCUT2D eigenvalue weighted by molar-refractivity contribution is -0.163. The van der Waals surface area contributed by atoms with Crippen LogP contribution in [-0.4, -0.2) is 46.2 Å². The lowest BCUT2D eigenvalue weighted by Crippen LogP contribution is -2.57. The van der Waals surface area contributed by atoms with Gasteiger partial charge in [0, 0.05) is 18.7 Å². The number of aliphatic hydroxyl groups is 1. The van der Waals surface area contributed by atoms with Crippen molar-refractivity contribution in [2.75, 3.05) is 13.1 Å². The number of hydrogen-bond donors (Lipinski definition) is 2. The number of aliphatic carboxylic acids is 1. The number of aryl methyl sites for hydroxylation is 1. The standard InChI is InChI=1S/C18H22FNO4/c1-11-2-5-13(19)8-14(11)16(22)20-7-6-15(21)18(10-20,17(23)24)9-12-3-4-12/h2,5,8,12,15,21H,3-4,6-7,9-10H2,1H3,(H,23,24)/t15-,18-/m1/s1. The molecule has 2 atom stereocenters. The lowest BCUT2D eigenvalue weighted by atomic mass is 9.73. The van der Waals surface area contributed by atoms with E-state index in [1.165, 1.54) is 23.1 Å². The van der Waals surface area contributed by atoms with E-state index in [4.69, 9.17) is 0 Å². The molecule has 1 amide bonds. The minimum absolute atomic E-state index is 0.0329. The van der Waals surface area contributed by atoms with Gasteiger partial charge in [-0.1, -0.05) is 18.9 Å². The average molecular weight is 335 g/mol. The van der Waals surface area contributed by atoms with Crippen LogP contribution in [0.1, 0.15) is 41.6 Å². The number of carbonyl (C=O) groups excluding carboxylic acids is 1. The number of hydrogen-bond acceptors (Lipinski definition) is 3. The van der Waals surface area contributed by atoms with Crippen LogP contribution in [-0.2, 0) is 4.79 Å². The third kappa shape index (κ3) is 3.02. The SMILES string of the molecule is Cc1ccc(F)cc1C(=O)N1CC[C@@H](O)[C@](CC2CC2)(C(=O)O)C1. The van der Waals surface area contributed by atoms with Crippen molar-refractivity contribution in [3.8, 4) is 0 Å². The third-order valence-electron chi connectivity index (χ3n) is 5.28. The van der Waals surface area contributed by atoms with Crippen molar-refractivity contribution in [2.24, 2.45) is 11.3 Å². The van der Waals surface area contributed by atoms with Crippen molar-refractivity contribution < 1.29 is 24.2 Å². The maximum absolute atomic E-state index is 13.5. The number of amides is 1. The van der Waals surface area contributed by atoms with Gasteiger partial charge < -0.3 is 15.1 Å². The zero-order valence-electron chi connectivity index (χ0n) is 13.7. The summed E-state index contributed by atoms with van der Waals surface area (Å²) in [5.41, 5.74) is -0.427. The molecule has 0 bridgehead atoms. The maximum atomic E-state index is 13.5. The van der Waals surface area contributed by atoms with Crippen molar-refractivity contribution in [1.82, 2.24) is 4.90 Å². The minimum Gasteiger partial charge on any atom is -0.481 e. The largest absolute Gasteiger partial charge is 0.481 e. The number of likely N-dealkylation sites (tertiary alicyclic amines) is 1. The number of nitrogens with zero attached hydrogens (tertiary/aromatic N) is 1. The topological polar surface area (TPSA) is 77.8 Å². The van der Waals surface area contributed by atoms with Crippen LogP contribution >= 0.6 is 0 Å². The van der Waals surface area contributed by atoms with Gasteiger partial charge in [-0.3, -0.25) is 9.59 Å². The van der Waals surface area contributed by atoms with E-state index in [9.17, 15) is 24.2 Å². The van der Waals surface area contributed by atoms with Crippen molar-refractivity contribution in [3.05, 3.63) is 35.1 Å². The van der Waals surface area contributed by atoms with Crippen LogP contribution in [0.4, 0.5) is 4.39 Å². The fourth-order valence-corrected chi connectivity index (χ4v) is 3.58. The van der Waals surface area contributed by atoms with Crippen LogP contribution in [0, 0.1) is 24.1 Å². The molecular weight excluding hydrogens is 313 g/mol. The third-order valence-corrected chi connectivity index (χ3v) is 5.28. The van der Waals surface area contributed by atoms with E-state index in [1.807, 2.05) is 0 Å². The highest BCUT2D eigenvalue weighted by atomic mass is 19.1. The number of benzene rings is 1. The summed E-state index contributed by atoms with van der Waals surface area (Å²) in [6, 6.07) is 4.02. The number of halogens is 1. The molecule has 6 heteroatoms. The molecule has 1 aromatic rings. The minimum atomic E-state index is -1.32. The van der Waals surface area contributed by atoms with E-state index in [0.29, 0.717) is 17.9 Å². The Balaban J connectivity index is 1.87. The molecule has 0 aromatic heterocycles. The van der Waals surface area contributed by atoms with Gasteiger partial charge in [-0.15, -0.1) is 0 Å². The van der Waals surface area contributed by atoms with Gasteiger partial charge >= 0.3 is 5.97 Å². The van der Waals surface area contributed by atoms with E-state index in [1.54, 1.807) is 6.92 Å². The fraction of sp³-hybridized carbons (Fsp3) is 0.556. The Morgan fingerprint density at radius 3 is 2.67 bits per heavy atom. The fourth-order valence-electron chi connectivity index (χ4n) is 3.58. The Morgan fingerprint density at radius 1 is 1.33 bits per heavy atom. The molecule has 0 spiro atoms. The van der Waals surface area contributed by atoms with E-state index in [-0.39, 0.29) is 31.0 Å². The van der Waals surface area contributed by atoms with E-state index >= 15 is 0 Å². The molecule has 2 aliphatic rings. The zero-order chi connectivity index (χ0) is 17.5. The van der Waals surface area contributed by atoms with Gasteiger partial charge in [0.2, 0.25) is 0 Å². The van der Waals surface area contributed by atoms with Crippen molar-refractivity contribution >= 4 is 11.9 Å². The number of aliphatic hydroxyl groups excluding tert-OH is 1. The summed E-state index contributed by atoms with van der Waals surface area (Å²) in [6.45, 7) is 1.96. The van der Waals surface area contributed by atoms with Crippen molar-refractivity contribution in [1.29, 1.82) is 0 Å². The summed E-state index contributed by atoms with van der Waals surface area (Å²) in [6.07, 6.45) is 1.58. The first kappa shape index (κ1) is 16.9. The Hall–Kier alpha value is -1.95. The Kier molecular flexibility index (Phi) is 4.34. The van der Waals surface area contributed by atoms with Crippen LogP contribution in [0.3, 0.4) is 0 Å². The van der Waals surface area contributed by atoms with Gasteiger partial charge in [0.05, 0.1) is 6.10 Å². The molecule has 3 rings (SSSR count). The van der Waals surface area contributed by atoms with Gasteiger partial charge in [-0.2, -0.15) is 0 Å². The molecule has 1 saturated carbocycles. The van der Waals surface area contributed by atoms with E-state index in [0.717, 1.165) is 12.8 Å². The predicted molar refractivity (Wildman–Crippen MR) is 85.1 cm³/mol. The lowest BCUT2D eigenvalue weighted by Gasteiger charge is -2.43. The number of piperidine rings is 1. The van der Waals surface area contributed by atoms with Crippen LogP contribution < -0.4 is 0 Å². The molecule has 0 unspecified atom stereocenters. The average Bonchev–Trinajstić information content (AvgIpc) is 3.35. The monoisotopic (exact) mass is 335 g/mol. The normalized spacial score (nSPS) is 27.1. The van der Waals surface area contributed by atoms with Gasteiger partial charge in [-0.05, 0) is 43.4 Å². The number of carboxylic acids is 1. The van der Waals surface area contributed by atoms with Crippen molar-refractivity contribution in [2.45, 2.75) is 38.7 Å². The van der Waals surface area contributed by atoms with E-state index in [2.05, 4.69) is 0 Å². The summed E-state index contributed by atoms with van der Waals surface area (Å²) < 4.78 is 13.5. The molecule has 1 aliphatic heterocycles. The summed E-state index contributed by atoms with van der Waals surface area (Å²) >= 11 is 0. The zero-order valence-corrected chi connectivity index (χ0v) is 13.7. The maximum Gasteiger partial charge on any atom is 0.314 e. The molecule has 130 valence electrons. The Bertz CT molecular complexity index is 673. The quantitative estimate of drug-likeness (QED) is 0.884. The van der Waals surface area contributed by atoms with Gasteiger partial charge in [0.15, 0.2) is 0 Å². The Labute approximate surface area is 140 Å². The number of rotatable bonds is 4. The summed E-state index contributed by atoms with van der Waals surface area (Å²) in [4.78, 5) is 26.1. The molecule has 5 nitrogen and oxygen atoms in total. The van der Waals surface area contributed by atoms with E-state index < -0.39 is 23.3 Å². The smallest absolute Gasteiger partial charge is 0.314 e. The number of carbonyl (C=O) groups is 2. The van der Waals surface area contributed by atoms with Gasteiger partial charge in [0.25, 0.3) is 5.91 Å². The first-order valence-electron chi connectivity index (χ1n) is 8.30. The second-order valence-corrected chi connectivity index (χ2v) is 7.10. The summed E-state index contributed by atoms with van der Waals surface area (Å²) in [5, 5.41) is 20.1. The summed E-state index contributed by atoms with van der Waals surface area (Å²) in [7, 11) is 0. The highest BCUT2D eigenvalue weighted by molar-refractivity contribution is 5.96. The van der Waals surface area contributed by atoms with Crippen LogP contribution in [0.15, 0.2) is 18.2 Å². The second kappa shape index (κ2) is 6.16. The molecule has 1 heterocycles. The molecule has 1 saturated heterocycles. The highest BCUT2D eigenvalue weighted by Crippen LogP contribution is 2.45. The first-order chi connectivity index (χ1) is 11.3. The molecule has 2 fully saturated rings. The molecule has 2 N–H and O–H groups in total. The number of carboxylic acid groups (broad SMARTS) is 1. The molecule has 1 aromatic carbocycles. The molecule has 1 aliphatic carbocycles. The highest BCUT2D eigenvalue weighted by Gasteiger charge is 2.52.